The van der Waals surface area contributed by atoms with Gasteiger partial charge < -0.3 is 0 Å². The van der Waals surface area contributed by atoms with Gasteiger partial charge in [-0.1, -0.05) is 23.2 Å². The third-order valence-electron chi connectivity index (χ3n) is 2.18. The van der Waals surface area contributed by atoms with E-state index in [1.165, 1.54) is 0 Å². The van der Waals surface area contributed by atoms with Crippen LogP contribution in [-0.2, 0) is 0 Å². The van der Waals surface area contributed by atoms with Crippen molar-refractivity contribution in [2.24, 2.45) is 0 Å². The normalized spacial score (nSPS) is 10.0. The Bertz CT molecular complexity index is 343. The molecule has 0 heterocycles. The third-order valence-corrected chi connectivity index (χ3v) is 3.15. The van der Waals surface area contributed by atoms with Crippen molar-refractivity contribution in [1.29, 1.82) is 0 Å². The Labute approximate surface area is 91.8 Å². The maximum atomic E-state index is 10.7. The number of carbonyl (C=O) groups excluding carboxylic acids is 2. The highest BCUT2D eigenvalue weighted by atomic mass is 35.5. The second-order valence-corrected chi connectivity index (χ2v) is 3.70. The maximum absolute atomic E-state index is 10.7. The van der Waals surface area contributed by atoms with Crippen LogP contribution in [0.4, 0.5) is 0 Å². The smallest absolute Gasteiger partial charge is 0.151 e. The summed E-state index contributed by atoms with van der Waals surface area (Å²) in [6.07, 6.45) is 1.29. The Kier molecular flexibility index (Phi) is 3.29. The molecule has 0 fully saturated rings. The average Bonchev–Trinajstić information content (AvgIpc) is 2.17. The quantitative estimate of drug-likeness (QED) is 0.732. The van der Waals surface area contributed by atoms with Gasteiger partial charge in [0.25, 0.3) is 0 Å². The minimum atomic E-state index is 0.295. The zero-order chi connectivity index (χ0) is 10.9. The van der Waals surface area contributed by atoms with E-state index in [1.807, 2.05) is 0 Å². The van der Waals surface area contributed by atoms with E-state index in [4.69, 9.17) is 23.2 Å². The number of hydrogen-bond acceptors (Lipinski definition) is 2. The van der Waals surface area contributed by atoms with Gasteiger partial charge in [0.15, 0.2) is 12.6 Å². The lowest BCUT2D eigenvalue weighted by Crippen LogP contribution is -1.98. The summed E-state index contributed by atoms with van der Waals surface area (Å²) in [5.74, 6) is 0. The van der Waals surface area contributed by atoms with Crippen LogP contribution in [0, 0.1) is 13.8 Å². The molecule has 0 N–H and O–H groups in total. The lowest BCUT2D eigenvalue weighted by molar-refractivity contribution is 0.111. The first-order valence-corrected chi connectivity index (χ1v) is 4.68. The van der Waals surface area contributed by atoms with E-state index in [9.17, 15) is 9.59 Å². The Morgan fingerprint density at radius 2 is 1.14 bits per heavy atom. The molecular formula is C10H8Cl2O2. The number of hydrogen-bond donors (Lipinski definition) is 0. The van der Waals surface area contributed by atoms with Crippen LogP contribution < -0.4 is 0 Å². The number of benzene rings is 1. The van der Waals surface area contributed by atoms with Crippen molar-refractivity contribution >= 4 is 35.8 Å². The minimum absolute atomic E-state index is 0.295. The van der Waals surface area contributed by atoms with E-state index < -0.39 is 0 Å². The van der Waals surface area contributed by atoms with E-state index in [2.05, 4.69) is 0 Å². The summed E-state index contributed by atoms with van der Waals surface area (Å²) in [5, 5.41) is 0.591. The van der Waals surface area contributed by atoms with Crippen LogP contribution in [0.5, 0.6) is 0 Å². The van der Waals surface area contributed by atoms with E-state index in [1.54, 1.807) is 13.8 Å². The number of halogens is 2. The highest BCUT2D eigenvalue weighted by Gasteiger charge is 2.16. The molecule has 0 saturated heterocycles. The maximum Gasteiger partial charge on any atom is 0.151 e. The molecule has 4 heteroatoms. The number of aldehydes is 2. The fourth-order valence-electron chi connectivity index (χ4n) is 1.25. The summed E-state index contributed by atoms with van der Waals surface area (Å²) in [5.41, 5.74) is 1.78. The Morgan fingerprint density at radius 1 is 0.857 bits per heavy atom. The van der Waals surface area contributed by atoms with Crippen LogP contribution in [0.2, 0.25) is 10.0 Å². The second kappa shape index (κ2) is 4.11. The van der Waals surface area contributed by atoms with Crippen molar-refractivity contribution in [2.45, 2.75) is 13.8 Å². The molecule has 0 atom stereocenters. The van der Waals surface area contributed by atoms with Crippen LogP contribution in [0.3, 0.4) is 0 Å². The van der Waals surface area contributed by atoms with Crippen LogP contribution >= 0.6 is 23.2 Å². The SMILES string of the molecule is Cc1c(Cl)c(C=O)c(C)c(Cl)c1C=O. The lowest BCUT2D eigenvalue weighted by atomic mass is 10.0. The van der Waals surface area contributed by atoms with Gasteiger partial charge >= 0.3 is 0 Å². The fourth-order valence-corrected chi connectivity index (χ4v) is 1.83. The molecule has 0 aliphatic rings. The van der Waals surface area contributed by atoms with Crippen LogP contribution in [0.25, 0.3) is 0 Å². The van der Waals surface area contributed by atoms with Gasteiger partial charge in [0, 0.05) is 11.1 Å². The van der Waals surface area contributed by atoms with Gasteiger partial charge in [0.05, 0.1) is 10.0 Å². The summed E-state index contributed by atoms with van der Waals surface area (Å²) in [4.78, 5) is 21.4. The molecule has 1 rings (SSSR count). The summed E-state index contributed by atoms with van der Waals surface area (Å²) < 4.78 is 0. The molecule has 14 heavy (non-hydrogen) atoms. The predicted molar refractivity (Wildman–Crippen MR) is 56.7 cm³/mol. The molecular weight excluding hydrogens is 223 g/mol. The van der Waals surface area contributed by atoms with Gasteiger partial charge in [-0.25, -0.2) is 0 Å². The van der Waals surface area contributed by atoms with Gasteiger partial charge in [-0.05, 0) is 25.0 Å². The van der Waals surface area contributed by atoms with Crippen molar-refractivity contribution < 1.29 is 9.59 Å². The van der Waals surface area contributed by atoms with Crippen molar-refractivity contribution in [2.75, 3.05) is 0 Å². The van der Waals surface area contributed by atoms with Crippen LogP contribution in [0.1, 0.15) is 31.8 Å². The number of carbonyl (C=O) groups is 2. The molecule has 0 bridgehead atoms. The van der Waals surface area contributed by atoms with Crippen molar-refractivity contribution in [3.8, 4) is 0 Å². The molecule has 1 aromatic carbocycles. The highest BCUT2D eigenvalue weighted by Crippen LogP contribution is 2.32. The molecule has 1 aromatic rings. The topological polar surface area (TPSA) is 34.1 Å². The van der Waals surface area contributed by atoms with E-state index >= 15 is 0 Å². The standard InChI is InChI=1S/C10H8Cl2O2/c1-5-7(3-13)10(12)6(2)8(4-14)9(5)11/h3-4H,1-2H3. The van der Waals surface area contributed by atoms with E-state index in [-0.39, 0.29) is 0 Å². The first-order chi connectivity index (χ1) is 6.54. The Balaban J connectivity index is 3.71. The van der Waals surface area contributed by atoms with Gasteiger partial charge in [0.1, 0.15) is 0 Å². The largest absolute Gasteiger partial charge is 0.298 e. The van der Waals surface area contributed by atoms with Crippen LogP contribution in [0.15, 0.2) is 0 Å². The predicted octanol–water partition coefficient (Wildman–Crippen LogP) is 3.24. The van der Waals surface area contributed by atoms with Crippen LogP contribution in [-0.4, -0.2) is 12.6 Å². The van der Waals surface area contributed by atoms with Gasteiger partial charge in [0.2, 0.25) is 0 Å². The van der Waals surface area contributed by atoms with Crippen molar-refractivity contribution in [3.05, 3.63) is 32.3 Å². The molecule has 0 aliphatic heterocycles. The average molecular weight is 231 g/mol. The first kappa shape index (κ1) is 11.2. The first-order valence-electron chi connectivity index (χ1n) is 3.93. The fraction of sp³-hybridized carbons (Fsp3) is 0.200. The zero-order valence-corrected chi connectivity index (χ0v) is 9.24. The summed E-state index contributed by atoms with van der Waals surface area (Å²) in [6, 6.07) is 0. The summed E-state index contributed by atoms with van der Waals surface area (Å²) in [6.45, 7) is 3.31. The third kappa shape index (κ3) is 1.56. The Morgan fingerprint density at radius 3 is 1.36 bits per heavy atom. The minimum Gasteiger partial charge on any atom is -0.298 e. The van der Waals surface area contributed by atoms with Crippen molar-refractivity contribution in [3.63, 3.8) is 0 Å². The summed E-state index contributed by atoms with van der Waals surface area (Å²) in [7, 11) is 0. The van der Waals surface area contributed by atoms with Crippen molar-refractivity contribution in [1.82, 2.24) is 0 Å². The molecule has 0 aromatic heterocycles. The second-order valence-electron chi connectivity index (χ2n) is 2.94. The lowest BCUT2D eigenvalue weighted by Gasteiger charge is -2.10. The molecule has 0 radical (unpaired) electrons. The molecule has 0 aliphatic carbocycles. The monoisotopic (exact) mass is 230 g/mol. The van der Waals surface area contributed by atoms with E-state index in [0.29, 0.717) is 44.9 Å². The van der Waals surface area contributed by atoms with E-state index in [0.717, 1.165) is 0 Å². The highest BCUT2D eigenvalue weighted by molar-refractivity contribution is 6.38. The number of rotatable bonds is 2. The Hall–Kier alpha value is -0.860. The molecule has 74 valence electrons. The molecule has 0 spiro atoms. The molecule has 0 amide bonds. The molecule has 0 unspecified atom stereocenters. The van der Waals surface area contributed by atoms with Gasteiger partial charge in [-0.3, -0.25) is 9.59 Å². The molecule has 0 saturated carbocycles. The zero-order valence-electron chi connectivity index (χ0n) is 7.73. The summed E-state index contributed by atoms with van der Waals surface area (Å²) >= 11 is 11.8. The van der Waals surface area contributed by atoms with Gasteiger partial charge in [-0.2, -0.15) is 0 Å². The van der Waals surface area contributed by atoms with Gasteiger partial charge in [-0.15, -0.1) is 0 Å². The molecule has 2 nitrogen and oxygen atoms in total.